The Hall–Kier alpha value is -1.42. The van der Waals surface area contributed by atoms with Crippen LogP contribution in [0.5, 0.6) is 0 Å². The number of aryl methyl sites for hydroxylation is 2. The first-order valence-corrected chi connectivity index (χ1v) is 6.18. The summed E-state index contributed by atoms with van der Waals surface area (Å²) in [5, 5.41) is 4.19. The summed E-state index contributed by atoms with van der Waals surface area (Å²) in [5.74, 6) is 0.830. The van der Waals surface area contributed by atoms with Crippen LogP contribution >= 0.6 is 11.5 Å². The standard InChI is InChI=1S/C12H15N3S/c1-3-10-6-4-5-7-11(10)8-13-12-14-9(2)15-16-12/h4-7H,3,8H2,1-2H3,(H,13,14,15). The zero-order valence-corrected chi connectivity index (χ0v) is 10.3. The van der Waals surface area contributed by atoms with E-state index in [2.05, 4.69) is 45.9 Å². The molecular weight excluding hydrogens is 218 g/mol. The van der Waals surface area contributed by atoms with Gasteiger partial charge in [0.25, 0.3) is 0 Å². The minimum Gasteiger partial charge on any atom is -0.356 e. The number of nitrogens with one attached hydrogen (secondary N) is 1. The van der Waals surface area contributed by atoms with Crippen molar-refractivity contribution in [1.29, 1.82) is 0 Å². The van der Waals surface area contributed by atoms with E-state index in [1.54, 1.807) is 0 Å². The second kappa shape index (κ2) is 5.07. The molecule has 3 nitrogen and oxygen atoms in total. The van der Waals surface area contributed by atoms with Gasteiger partial charge in [-0.15, -0.1) is 0 Å². The van der Waals surface area contributed by atoms with Gasteiger partial charge in [-0.25, -0.2) is 4.98 Å². The molecule has 0 fully saturated rings. The van der Waals surface area contributed by atoms with Crippen molar-refractivity contribution in [3.05, 3.63) is 41.2 Å². The zero-order valence-electron chi connectivity index (χ0n) is 9.53. The molecule has 0 saturated heterocycles. The van der Waals surface area contributed by atoms with Gasteiger partial charge < -0.3 is 5.32 Å². The largest absolute Gasteiger partial charge is 0.356 e. The summed E-state index contributed by atoms with van der Waals surface area (Å²) >= 11 is 1.41. The molecule has 1 N–H and O–H groups in total. The fourth-order valence-corrected chi connectivity index (χ4v) is 2.18. The van der Waals surface area contributed by atoms with Crippen molar-refractivity contribution in [2.24, 2.45) is 0 Å². The van der Waals surface area contributed by atoms with Crippen molar-refractivity contribution in [2.45, 2.75) is 26.8 Å². The van der Waals surface area contributed by atoms with E-state index in [9.17, 15) is 0 Å². The highest BCUT2D eigenvalue weighted by Gasteiger charge is 2.02. The molecule has 16 heavy (non-hydrogen) atoms. The van der Waals surface area contributed by atoms with E-state index in [1.165, 1.54) is 22.7 Å². The van der Waals surface area contributed by atoms with Crippen LogP contribution in [0.3, 0.4) is 0 Å². The monoisotopic (exact) mass is 233 g/mol. The van der Waals surface area contributed by atoms with Crippen molar-refractivity contribution in [1.82, 2.24) is 9.36 Å². The first-order chi connectivity index (χ1) is 7.79. The lowest BCUT2D eigenvalue weighted by Gasteiger charge is -2.07. The molecule has 4 heteroatoms. The summed E-state index contributed by atoms with van der Waals surface area (Å²) in [6.45, 7) is 4.90. The molecule has 0 saturated carbocycles. The van der Waals surface area contributed by atoms with Crippen molar-refractivity contribution < 1.29 is 0 Å². The minimum atomic E-state index is 0.818. The topological polar surface area (TPSA) is 37.8 Å². The summed E-state index contributed by atoms with van der Waals surface area (Å²) in [6.07, 6.45) is 1.06. The predicted molar refractivity (Wildman–Crippen MR) is 67.8 cm³/mol. The molecule has 1 aromatic carbocycles. The predicted octanol–water partition coefficient (Wildman–Crippen LogP) is 3.02. The van der Waals surface area contributed by atoms with Gasteiger partial charge in [-0.2, -0.15) is 4.37 Å². The van der Waals surface area contributed by atoms with Gasteiger partial charge in [0.1, 0.15) is 5.82 Å². The van der Waals surface area contributed by atoms with E-state index in [0.29, 0.717) is 0 Å². The van der Waals surface area contributed by atoms with Crippen LogP contribution in [0.4, 0.5) is 5.13 Å². The molecule has 2 rings (SSSR count). The highest BCUT2D eigenvalue weighted by Crippen LogP contribution is 2.14. The van der Waals surface area contributed by atoms with E-state index in [1.807, 2.05) is 6.92 Å². The summed E-state index contributed by atoms with van der Waals surface area (Å²) in [5.41, 5.74) is 2.72. The fourth-order valence-electron chi connectivity index (χ4n) is 1.61. The number of anilines is 1. The molecule has 0 atom stereocenters. The van der Waals surface area contributed by atoms with Crippen LogP contribution < -0.4 is 5.32 Å². The van der Waals surface area contributed by atoms with E-state index in [4.69, 9.17) is 0 Å². The van der Waals surface area contributed by atoms with Crippen LogP contribution in [0.15, 0.2) is 24.3 Å². The molecule has 0 radical (unpaired) electrons. The highest BCUT2D eigenvalue weighted by molar-refractivity contribution is 7.09. The molecule has 1 heterocycles. The van der Waals surface area contributed by atoms with Crippen molar-refractivity contribution in [2.75, 3.05) is 5.32 Å². The third-order valence-electron chi connectivity index (χ3n) is 2.46. The molecule has 0 aliphatic heterocycles. The molecule has 0 bridgehead atoms. The van der Waals surface area contributed by atoms with Crippen LogP contribution in [0.2, 0.25) is 0 Å². The number of hydrogen-bond donors (Lipinski definition) is 1. The third kappa shape index (κ3) is 2.58. The molecule has 84 valence electrons. The minimum absolute atomic E-state index is 0.818. The van der Waals surface area contributed by atoms with Gasteiger partial charge in [-0.1, -0.05) is 31.2 Å². The molecule has 0 amide bonds. The summed E-state index contributed by atoms with van der Waals surface area (Å²) in [4.78, 5) is 4.28. The third-order valence-corrected chi connectivity index (χ3v) is 3.22. The Balaban J connectivity index is 2.04. The summed E-state index contributed by atoms with van der Waals surface area (Å²) in [7, 11) is 0. The maximum absolute atomic E-state index is 4.28. The number of aromatic nitrogens is 2. The molecule has 0 unspecified atom stereocenters. The normalized spacial score (nSPS) is 10.4. The van der Waals surface area contributed by atoms with Crippen LogP contribution in [0, 0.1) is 6.92 Å². The Kier molecular flexibility index (Phi) is 3.51. The number of benzene rings is 1. The van der Waals surface area contributed by atoms with E-state index < -0.39 is 0 Å². The van der Waals surface area contributed by atoms with Gasteiger partial charge in [-0.3, -0.25) is 0 Å². The SMILES string of the molecule is CCc1ccccc1CNc1nc(C)ns1. The maximum atomic E-state index is 4.28. The first-order valence-electron chi connectivity index (χ1n) is 5.40. The quantitative estimate of drug-likeness (QED) is 0.882. The Morgan fingerprint density at radius 1 is 1.25 bits per heavy atom. The van der Waals surface area contributed by atoms with Crippen molar-refractivity contribution >= 4 is 16.7 Å². The molecule has 0 spiro atoms. The fraction of sp³-hybridized carbons (Fsp3) is 0.333. The average Bonchev–Trinajstić information content (AvgIpc) is 2.73. The number of nitrogens with zero attached hydrogens (tertiary/aromatic N) is 2. The van der Waals surface area contributed by atoms with Crippen LogP contribution in [-0.4, -0.2) is 9.36 Å². The lowest BCUT2D eigenvalue weighted by atomic mass is 10.1. The summed E-state index contributed by atoms with van der Waals surface area (Å²) in [6, 6.07) is 8.47. The Bertz CT molecular complexity index is 465. The Morgan fingerprint density at radius 2 is 2.00 bits per heavy atom. The number of hydrogen-bond acceptors (Lipinski definition) is 4. The van der Waals surface area contributed by atoms with E-state index in [0.717, 1.165) is 23.9 Å². The average molecular weight is 233 g/mol. The molecular formula is C12H15N3S. The second-order valence-electron chi connectivity index (χ2n) is 3.62. The Morgan fingerprint density at radius 3 is 2.62 bits per heavy atom. The summed E-state index contributed by atoms with van der Waals surface area (Å²) < 4.78 is 4.14. The second-order valence-corrected chi connectivity index (χ2v) is 4.37. The lowest BCUT2D eigenvalue weighted by molar-refractivity contribution is 1.04. The van der Waals surface area contributed by atoms with Gasteiger partial charge in [0.05, 0.1) is 0 Å². The van der Waals surface area contributed by atoms with Crippen LogP contribution in [-0.2, 0) is 13.0 Å². The van der Waals surface area contributed by atoms with Gasteiger partial charge in [0.2, 0.25) is 5.13 Å². The van der Waals surface area contributed by atoms with Gasteiger partial charge in [0, 0.05) is 18.1 Å². The van der Waals surface area contributed by atoms with Crippen LogP contribution in [0.25, 0.3) is 0 Å². The molecule has 2 aromatic rings. The number of rotatable bonds is 4. The molecule has 0 aliphatic rings. The van der Waals surface area contributed by atoms with Crippen molar-refractivity contribution in [3.63, 3.8) is 0 Å². The van der Waals surface area contributed by atoms with Crippen molar-refractivity contribution in [3.8, 4) is 0 Å². The Labute approximate surface area is 99.7 Å². The zero-order chi connectivity index (χ0) is 11.4. The van der Waals surface area contributed by atoms with Gasteiger partial charge in [0.15, 0.2) is 0 Å². The maximum Gasteiger partial charge on any atom is 0.202 e. The molecule has 1 aromatic heterocycles. The van der Waals surface area contributed by atoms with Crippen LogP contribution in [0.1, 0.15) is 23.9 Å². The van der Waals surface area contributed by atoms with E-state index in [-0.39, 0.29) is 0 Å². The lowest BCUT2D eigenvalue weighted by Crippen LogP contribution is -2.02. The first kappa shape index (κ1) is 11.1. The molecule has 0 aliphatic carbocycles. The smallest absolute Gasteiger partial charge is 0.202 e. The van der Waals surface area contributed by atoms with Gasteiger partial charge >= 0.3 is 0 Å². The highest BCUT2D eigenvalue weighted by atomic mass is 32.1. The van der Waals surface area contributed by atoms with Gasteiger partial charge in [-0.05, 0) is 24.5 Å². The van der Waals surface area contributed by atoms with E-state index >= 15 is 0 Å².